The van der Waals surface area contributed by atoms with E-state index >= 15 is 0 Å². The number of nitrogens with one attached hydrogen (secondary N) is 1. The Labute approximate surface area is 112 Å². The standard InChI is InChI=1S/C10H15ClN2O4S/c1-13(2)18(14,15)12-8-6-9(16-3)7(11)5-10(8)17-4/h5-6,12H,1-4H3. The summed E-state index contributed by atoms with van der Waals surface area (Å²) in [5, 5.41) is 0.335. The first kappa shape index (κ1) is 14.9. The number of nitrogens with zero attached hydrogens (tertiary/aromatic N) is 1. The molecule has 1 N–H and O–H groups in total. The fourth-order valence-corrected chi connectivity index (χ4v) is 2.02. The van der Waals surface area contributed by atoms with E-state index in [0.717, 1.165) is 4.31 Å². The van der Waals surface area contributed by atoms with Gasteiger partial charge >= 0.3 is 10.2 Å². The van der Waals surface area contributed by atoms with Crippen molar-refractivity contribution in [2.24, 2.45) is 0 Å². The van der Waals surface area contributed by atoms with Crippen molar-refractivity contribution in [2.75, 3.05) is 33.0 Å². The number of hydrogen-bond donors (Lipinski definition) is 1. The van der Waals surface area contributed by atoms with Gasteiger partial charge in [-0.1, -0.05) is 11.6 Å². The van der Waals surface area contributed by atoms with E-state index in [1.165, 1.54) is 40.4 Å². The Balaban J connectivity index is 3.23. The summed E-state index contributed by atoms with van der Waals surface area (Å²) in [5.74, 6) is 0.667. The predicted molar refractivity (Wildman–Crippen MR) is 70.8 cm³/mol. The van der Waals surface area contributed by atoms with Gasteiger partial charge in [-0.15, -0.1) is 0 Å². The van der Waals surface area contributed by atoms with Crippen LogP contribution in [0.5, 0.6) is 11.5 Å². The average molecular weight is 295 g/mol. The fraction of sp³-hybridized carbons (Fsp3) is 0.400. The number of hydrogen-bond acceptors (Lipinski definition) is 4. The first-order chi connectivity index (χ1) is 8.31. The maximum Gasteiger partial charge on any atom is 0.301 e. The van der Waals surface area contributed by atoms with Crippen LogP contribution < -0.4 is 14.2 Å². The highest BCUT2D eigenvalue weighted by molar-refractivity contribution is 7.90. The maximum atomic E-state index is 11.7. The van der Waals surface area contributed by atoms with Crippen molar-refractivity contribution < 1.29 is 17.9 Å². The molecule has 0 aliphatic heterocycles. The van der Waals surface area contributed by atoms with Gasteiger partial charge in [-0.25, -0.2) is 0 Å². The molecule has 0 saturated carbocycles. The molecular weight excluding hydrogens is 280 g/mol. The third-order valence-electron chi connectivity index (χ3n) is 2.19. The zero-order chi connectivity index (χ0) is 13.9. The zero-order valence-corrected chi connectivity index (χ0v) is 12.1. The smallest absolute Gasteiger partial charge is 0.301 e. The summed E-state index contributed by atoms with van der Waals surface area (Å²) in [5.41, 5.74) is 0.257. The number of methoxy groups -OCH3 is 2. The molecule has 0 unspecified atom stereocenters. The van der Waals surface area contributed by atoms with Gasteiger partial charge in [-0.05, 0) is 0 Å². The van der Waals surface area contributed by atoms with E-state index in [1.807, 2.05) is 0 Å². The predicted octanol–water partition coefficient (Wildman–Crippen LogP) is 1.58. The van der Waals surface area contributed by atoms with Gasteiger partial charge in [0, 0.05) is 26.2 Å². The van der Waals surface area contributed by atoms with E-state index in [1.54, 1.807) is 0 Å². The van der Waals surface area contributed by atoms with Crippen molar-refractivity contribution in [3.05, 3.63) is 17.2 Å². The molecule has 0 fully saturated rings. The second kappa shape index (κ2) is 5.64. The summed E-state index contributed by atoms with van der Waals surface area (Å²) < 4.78 is 37.0. The van der Waals surface area contributed by atoms with Crippen LogP contribution in [-0.2, 0) is 10.2 Å². The molecule has 0 bridgehead atoms. The molecule has 0 aliphatic rings. The largest absolute Gasteiger partial charge is 0.495 e. The quantitative estimate of drug-likeness (QED) is 0.895. The lowest BCUT2D eigenvalue weighted by Gasteiger charge is -2.16. The molecule has 1 rings (SSSR count). The number of benzene rings is 1. The minimum atomic E-state index is -3.62. The molecule has 1 aromatic carbocycles. The molecule has 0 atom stereocenters. The Morgan fingerprint density at radius 3 is 2.17 bits per heavy atom. The summed E-state index contributed by atoms with van der Waals surface area (Å²) in [6.07, 6.45) is 0. The van der Waals surface area contributed by atoms with Gasteiger partial charge in [0.05, 0.1) is 24.9 Å². The van der Waals surface area contributed by atoms with E-state index in [4.69, 9.17) is 21.1 Å². The van der Waals surface area contributed by atoms with Crippen LogP contribution in [0.4, 0.5) is 5.69 Å². The maximum absolute atomic E-state index is 11.7. The summed E-state index contributed by atoms with van der Waals surface area (Å²) in [4.78, 5) is 0. The first-order valence-corrected chi connectivity index (χ1v) is 6.75. The van der Waals surface area contributed by atoms with Gasteiger partial charge in [0.1, 0.15) is 11.5 Å². The van der Waals surface area contributed by atoms with Crippen molar-refractivity contribution in [1.29, 1.82) is 0 Å². The average Bonchev–Trinajstić information content (AvgIpc) is 2.30. The minimum Gasteiger partial charge on any atom is -0.495 e. The Morgan fingerprint density at radius 1 is 1.17 bits per heavy atom. The zero-order valence-electron chi connectivity index (χ0n) is 10.5. The van der Waals surface area contributed by atoms with Crippen molar-refractivity contribution in [1.82, 2.24) is 4.31 Å². The van der Waals surface area contributed by atoms with E-state index in [9.17, 15) is 8.42 Å². The van der Waals surface area contributed by atoms with E-state index < -0.39 is 10.2 Å². The topological polar surface area (TPSA) is 67.9 Å². The Bertz CT molecular complexity index is 531. The molecule has 0 aromatic heterocycles. The van der Waals surface area contributed by atoms with Gasteiger partial charge in [0.2, 0.25) is 0 Å². The van der Waals surface area contributed by atoms with Crippen LogP contribution in [0.3, 0.4) is 0 Å². The fourth-order valence-electron chi connectivity index (χ4n) is 1.17. The lowest BCUT2D eigenvalue weighted by Crippen LogP contribution is -2.29. The number of anilines is 1. The Hall–Kier alpha value is -1.18. The van der Waals surface area contributed by atoms with Crippen LogP contribution in [0.2, 0.25) is 5.02 Å². The molecule has 0 heterocycles. The minimum absolute atomic E-state index is 0.257. The highest BCUT2D eigenvalue weighted by atomic mass is 35.5. The van der Waals surface area contributed by atoms with Crippen LogP contribution in [0.1, 0.15) is 0 Å². The monoisotopic (exact) mass is 294 g/mol. The van der Waals surface area contributed by atoms with Crippen molar-refractivity contribution in [3.8, 4) is 11.5 Å². The van der Waals surface area contributed by atoms with Gasteiger partial charge in [0.25, 0.3) is 0 Å². The summed E-state index contributed by atoms with van der Waals surface area (Å²) in [7, 11) is 2.08. The summed E-state index contributed by atoms with van der Waals surface area (Å²) in [6, 6.07) is 2.94. The molecule has 102 valence electrons. The highest BCUT2D eigenvalue weighted by Gasteiger charge is 2.18. The van der Waals surface area contributed by atoms with Crippen molar-refractivity contribution >= 4 is 27.5 Å². The van der Waals surface area contributed by atoms with Gasteiger partial charge in [0.15, 0.2) is 0 Å². The third kappa shape index (κ3) is 3.18. The molecular formula is C10H15ClN2O4S. The SMILES string of the molecule is COc1cc(NS(=O)(=O)N(C)C)c(OC)cc1Cl. The van der Waals surface area contributed by atoms with Crippen LogP contribution in [-0.4, -0.2) is 41.0 Å². The normalized spacial score (nSPS) is 11.4. The number of rotatable bonds is 5. The Morgan fingerprint density at radius 2 is 1.72 bits per heavy atom. The van der Waals surface area contributed by atoms with Gasteiger partial charge in [-0.2, -0.15) is 12.7 Å². The number of halogens is 1. The van der Waals surface area contributed by atoms with E-state index in [2.05, 4.69) is 4.72 Å². The van der Waals surface area contributed by atoms with E-state index in [-0.39, 0.29) is 5.69 Å². The van der Waals surface area contributed by atoms with Crippen molar-refractivity contribution in [3.63, 3.8) is 0 Å². The van der Waals surface area contributed by atoms with Crippen LogP contribution in [0.15, 0.2) is 12.1 Å². The molecule has 0 aliphatic carbocycles. The molecule has 1 aromatic rings. The summed E-state index contributed by atoms with van der Waals surface area (Å²) >= 11 is 5.92. The van der Waals surface area contributed by atoms with Gasteiger partial charge < -0.3 is 9.47 Å². The third-order valence-corrected chi connectivity index (χ3v) is 3.93. The molecule has 0 saturated heterocycles. The second-order valence-electron chi connectivity index (χ2n) is 3.58. The molecule has 6 nitrogen and oxygen atoms in total. The van der Waals surface area contributed by atoms with Crippen LogP contribution in [0.25, 0.3) is 0 Å². The Kier molecular flexibility index (Phi) is 4.66. The van der Waals surface area contributed by atoms with Crippen molar-refractivity contribution in [2.45, 2.75) is 0 Å². The molecule has 0 spiro atoms. The summed E-state index contributed by atoms with van der Waals surface area (Å²) in [6.45, 7) is 0. The van der Waals surface area contributed by atoms with Crippen LogP contribution in [0, 0.1) is 0 Å². The first-order valence-electron chi connectivity index (χ1n) is 4.93. The van der Waals surface area contributed by atoms with E-state index in [0.29, 0.717) is 16.5 Å². The molecule has 18 heavy (non-hydrogen) atoms. The second-order valence-corrected chi connectivity index (χ2v) is 5.87. The molecule has 0 radical (unpaired) electrons. The number of ether oxygens (including phenoxy) is 2. The molecule has 8 heteroatoms. The lowest BCUT2D eigenvalue weighted by atomic mass is 10.3. The lowest BCUT2D eigenvalue weighted by molar-refractivity contribution is 0.405. The molecule has 0 amide bonds. The van der Waals surface area contributed by atoms with Gasteiger partial charge in [-0.3, -0.25) is 4.72 Å². The van der Waals surface area contributed by atoms with Crippen LogP contribution >= 0.6 is 11.6 Å². The highest BCUT2D eigenvalue weighted by Crippen LogP contribution is 2.36.